The first kappa shape index (κ1) is 18.1. The average Bonchev–Trinajstić information content (AvgIpc) is 3.04. The molecule has 0 aromatic rings. The van der Waals surface area contributed by atoms with Crippen molar-refractivity contribution in [3.05, 3.63) is 11.3 Å². The standard InChI is InChI=1S/C19H27NO4Si/c1-13-14-8-10-19(9-6-7-11-25(3,4)5)12-15(17(21)23-2)20(16(14)19)18(22)24-13/h15-16H,6,8-10,12H2,1-5H3/t15-,16-,19-/m0/s1. The Hall–Kier alpha value is -1.74. The van der Waals surface area contributed by atoms with Gasteiger partial charge in [0.15, 0.2) is 0 Å². The van der Waals surface area contributed by atoms with Gasteiger partial charge in [0.1, 0.15) is 19.9 Å². The molecule has 0 aromatic heterocycles. The van der Waals surface area contributed by atoms with Crippen molar-refractivity contribution < 1.29 is 19.1 Å². The first-order chi connectivity index (χ1) is 11.7. The van der Waals surface area contributed by atoms with Crippen molar-refractivity contribution in [2.45, 2.75) is 70.8 Å². The molecule has 5 nitrogen and oxygen atoms in total. The molecular formula is C19H27NO4Si. The molecule has 6 heteroatoms. The predicted molar refractivity (Wildman–Crippen MR) is 97.3 cm³/mol. The highest BCUT2D eigenvalue weighted by Gasteiger charge is 2.62. The molecule has 0 radical (unpaired) electrons. The van der Waals surface area contributed by atoms with Crippen LogP contribution in [0.1, 0.15) is 39.0 Å². The van der Waals surface area contributed by atoms with Crippen LogP contribution in [0.3, 0.4) is 0 Å². The number of methoxy groups -OCH3 is 1. The molecule has 1 aliphatic carbocycles. The quantitative estimate of drug-likeness (QED) is 0.439. The highest BCUT2D eigenvalue weighted by Crippen LogP contribution is 2.58. The molecule has 25 heavy (non-hydrogen) atoms. The zero-order valence-corrected chi connectivity index (χ0v) is 16.8. The van der Waals surface area contributed by atoms with Crippen molar-refractivity contribution in [3.8, 4) is 11.5 Å². The molecule has 2 heterocycles. The summed E-state index contributed by atoms with van der Waals surface area (Å²) < 4.78 is 10.4. The number of cyclic esters (lactones) is 1. The van der Waals surface area contributed by atoms with Gasteiger partial charge in [0.25, 0.3) is 0 Å². The number of esters is 1. The molecule has 0 unspecified atom stereocenters. The number of hydrogen-bond acceptors (Lipinski definition) is 4. The molecule has 2 fully saturated rings. The second kappa shape index (κ2) is 6.21. The minimum Gasteiger partial charge on any atom is -0.467 e. The van der Waals surface area contributed by atoms with Gasteiger partial charge in [-0.05, 0) is 43.6 Å². The van der Waals surface area contributed by atoms with Crippen molar-refractivity contribution in [2.75, 3.05) is 7.11 Å². The summed E-state index contributed by atoms with van der Waals surface area (Å²) in [6.45, 7) is 8.57. The normalized spacial score (nSPS) is 30.6. The Labute approximate surface area is 150 Å². The fraction of sp³-hybridized carbons (Fsp3) is 0.684. The SMILES string of the molecule is COC(=O)[C@@H]1C[C@]2(CCC#C[Si](C)(C)C)CCC3=C(C)OC(=O)N1[C@@H]32. The molecule has 0 N–H and O–H groups in total. The molecule has 0 spiro atoms. The van der Waals surface area contributed by atoms with E-state index in [1.54, 1.807) is 4.90 Å². The molecular weight excluding hydrogens is 334 g/mol. The highest BCUT2D eigenvalue weighted by molar-refractivity contribution is 6.83. The molecule has 3 aliphatic rings. The number of hydrogen-bond donors (Lipinski definition) is 0. The fourth-order valence-corrected chi connectivity index (χ4v) is 5.21. The monoisotopic (exact) mass is 361 g/mol. The summed E-state index contributed by atoms with van der Waals surface area (Å²) >= 11 is 0. The minimum absolute atomic E-state index is 0.0356. The molecule has 1 saturated carbocycles. The lowest BCUT2D eigenvalue weighted by Crippen LogP contribution is -2.49. The van der Waals surface area contributed by atoms with E-state index < -0.39 is 20.2 Å². The Bertz CT molecular complexity index is 696. The van der Waals surface area contributed by atoms with Gasteiger partial charge in [-0.25, -0.2) is 9.59 Å². The number of rotatable bonds is 3. The van der Waals surface area contributed by atoms with E-state index in [2.05, 4.69) is 31.1 Å². The first-order valence-electron chi connectivity index (χ1n) is 8.96. The van der Waals surface area contributed by atoms with Crippen LogP contribution in [0, 0.1) is 16.9 Å². The van der Waals surface area contributed by atoms with Gasteiger partial charge < -0.3 is 9.47 Å². The van der Waals surface area contributed by atoms with Gasteiger partial charge in [-0.1, -0.05) is 19.6 Å². The van der Waals surface area contributed by atoms with Crippen molar-refractivity contribution in [1.29, 1.82) is 0 Å². The van der Waals surface area contributed by atoms with E-state index in [9.17, 15) is 9.59 Å². The number of carbonyl (C=O) groups is 2. The van der Waals surface area contributed by atoms with Gasteiger partial charge in [-0.2, -0.15) is 0 Å². The fourth-order valence-electron chi connectivity index (χ4n) is 4.55. The smallest absolute Gasteiger partial charge is 0.416 e. The van der Waals surface area contributed by atoms with Crippen molar-refractivity contribution >= 4 is 20.1 Å². The van der Waals surface area contributed by atoms with Crippen LogP contribution in [0.4, 0.5) is 4.79 Å². The maximum absolute atomic E-state index is 12.5. The second-order valence-corrected chi connectivity index (χ2v) is 13.2. The number of allylic oxidation sites excluding steroid dienone is 1. The number of ether oxygens (including phenoxy) is 2. The van der Waals surface area contributed by atoms with Gasteiger partial charge in [0, 0.05) is 6.42 Å². The highest BCUT2D eigenvalue weighted by atomic mass is 28.3. The van der Waals surface area contributed by atoms with Crippen LogP contribution in [0.2, 0.25) is 19.6 Å². The van der Waals surface area contributed by atoms with Crippen LogP contribution in [-0.4, -0.2) is 44.2 Å². The molecule has 3 rings (SSSR count). The molecule has 0 bridgehead atoms. The van der Waals surface area contributed by atoms with E-state index in [1.165, 1.54) is 12.7 Å². The van der Waals surface area contributed by atoms with Gasteiger partial charge in [-0.3, -0.25) is 4.90 Å². The van der Waals surface area contributed by atoms with Gasteiger partial charge >= 0.3 is 12.1 Å². The summed E-state index contributed by atoms with van der Waals surface area (Å²) in [5.74, 6) is 3.72. The van der Waals surface area contributed by atoms with E-state index >= 15 is 0 Å². The Balaban J connectivity index is 1.90. The zero-order chi connectivity index (χ0) is 18.4. The van der Waals surface area contributed by atoms with Crippen LogP contribution in [0.15, 0.2) is 11.3 Å². The zero-order valence-electron chi connectivity index (χ0n) is 15.8. The van der Waals surface area contributed by atoms with Crippen LogP contribution in [0.25, 0.3) is 0 Å². The lowest BCUT2D eigenvalue weighted by molar-refractivity contribution is -0.145. The number of amides is 1. The number of carbonyl (C=O) groups excluding carboxylic acids is 2. The second-order valence-electron chi connectivity index (χ2n) is 8.42. The van der Waals surface area contributed by atoms with Crippen molar-refractivity contribution in [1.82, 2.24) is 4.90 Å². The maximum atomic E-state index is 12.5. The van der Waals surface area contributed by atoms with E-state index in [-0.39, 0.29) is 17.4 Å². The summed E-state index contributed by atoms with van der Waals surface area (Å²) in [5.41, 5.74) is 4.51. The molecule has 3 atom stereocenters. The van der Waals surface area contributed by atoms with E-state index in [4.69, 9.17) is 9.47 Å². The lowest BCUT2D eigenvalue weighted by Gasteiger charge is -2.36. The number of nitrogens with zero attached hydrogens (tertiary/aromatic N) is 1. The topological polar surface area (TPSA) is 55.8 Å². The maximum Gasteiger partial charge on any atom is 0.416 e. The van der Waals surface area contributed by atoms with Crippen LogP contribution in [-0.2, 0) is 14.3 Å². The molecule has 0 aromatic carbocycles. The third kappa shape index (κ3) is 3.10. The Morgan fingerprint density at radius 1 is 1.44 bits per heavy atom. The van der Waals surface area contributed by atoms with E-state index in [0.29, 0.717) is 12.2 Å². The van der Waals surface area contributed by atoms with Crippen molar-refractivity contribution in [3.63, 3.8) is 0 Å². The molecule has 1 amide bonds. The van der Waals surface area contributed by atoms with Crippen molar-refractivity contribution in [2.24, 2.45) is 5.41 Å². The summed E-state index contributed by atoms with van der Waals surface area (Å²) in [7, 11) is -0.00606. The lowest BCUT2D eigenvalue weighted by atomic mass is 9.76. The predicted octanol–water partition coefficient (Wildman–Crippen LogP) is 3.47. The third-order valence-corrected chi connectivity index (χ3v) is 6.53. The Morgan fingerprint density at radius 2 is 2.16 bits per heavy atom. The molecule has 1 saturated heterocycles. The minimum atomic E-state index is -1.38. The Morgan fingerprint density at radius 3 is 2.80 bits per heavy atom. The summed E-state index contributed by atoms with van der Waals surface area (Å²) in [4.78, 5) is 26.4. The Kier molecular flexibility index (Phi) is 4.48. The van der Waals surface area contributed by atoms with E-state index in [0.717, 1.165) is 25.7 Å². The average molecular weight is 362 g/mol. The van der Waals surface area contributed by atoms with E-state index in [1.807, 2.05) is 6.92 Å². The van der Waals surface area contributed by atoms with Gasteiger partial charge in [0.2, 0.25) is 0 Å². The van der Waals surface area contributed by atoms with Gasteiger partial charge in [-0.15, -0.1) is 11.5 Å². The molecule has 2 aliphatic heterocycles. The van der Waals surface area contributed by atoms with Crippen LogP contribution in [0.5, 0.6) is 0 Å². The summed E-state index contributed by atoms with van der Waals surface area (Å²) in [6, 6.07) is -0.581. The molecule has 136 valence electrons. The summed E-state index contributed by atoms with van der Waals surface area (Å²) in [5, 5.41) is 0. The largest absolute Gasteiger partial charge is 0.467 e. The first-order valence-corrected chi connectivity index (χ1v) is 12.5. The third-order valence-electron chi connectivity index (χ3n) is 5.60. The summed E-state index contributed by atoms with van der Waals surface area (Å²) in [6.07, 6.45) is 3.84. The van der Waals surface area contributed by atoms with Crippen LogP contribution >= 0.6 is 0 Å². The van der Waals surface area contributed by atoms with Gasteiger partial charge in [0.05, 0.1) is 13.2 Å². The van der Waals surface area contributed by atoms with Crippen LogP contribution < -0.4 is 0 Å².